The lowest BCUT2D eigenvalue weighted by molar-refractivity contribution is -0.128. The summed E-state index contributed by atoms with van der Waals surface area (Å²) in [5, 5.41) is 2.48. The maximum atomic E-state index is 13.5. The van der Waals surface area contributed by atoms with Gasteiger partial charge in [0, 0.05) is 9.92 Å². The van der Waals surface area contributed by atoms with Gasteiger partial charge in [-0.3, -0.25) is 9.59 Å². The average molecular weight is 459 g/mol. The second kappa shape index (κ2) is 9.16. The molecule has 4 rings (SSSR count). The molecule has 0 bridgehead atoms. The Hall–Kier alpha value is -2.77. The van der Waals surface area contributed by atoms with Crippen LogP contribution in [0, 0.1) is 11.7 Å². The fourth-order valence-corrected chi connectivity index (χ4v) is 4.94. The van der Waals surface area contributed by atoms with Gasteiger partial charge in [-0.25, -0.2) is 4.39 Å². The van der Waals surface area contributed by atoms with Crippen molar-refractivity contribution in [1.29, 1.82) is 0 Å². The molecule has 0 aliphatic carbocycles. The SMILES string of the molecule is C[C@@H](C(=O)NCc1ccco1)[C@H]1Sc2ccccc2N(Cc2ccc(F)cc2Cl)C1=O. The Labute approximate surface area is 188 Å². The third kappa shape index (κ3) is 4.62. The number of furan rings is 1. The summed E-state index contributed by atoms with van der Waals surface area (Å²) in [7, 11) is 0. The lowest BCUT2D eigenvalue weighted by atomic mass is 10.0. The van der Waals surface area contributed by atoms with Crippen LogP contribution >= 0.6 is 23.4 Å². The second-order valence-corrected chi connectivity index (χ2v) is 8.84. The van der Waals surface area contributed by atoms with E-state index in [1.807, 2.05) is 24.3 Å². The van der Waals surface area contributed by atoms with E-state index in [1.54, 1.807) is 36.3 Å². The van der Waals surface area contributed by atoms with E-state index >= 15 is 0 Å². The molecule has 1 aliphatic heterocycles. The van der Waals surface area contributed by atoms with Gasteiger partial charge < -0.3 is 14.6 Å². The monoisotopic (exact) mass is 458 g/mol. The van der Waals surface area contributed by atoms with E-state index in [-0.39, 0.29) is 29.9 Å². The molecule has 31 heavy (non-hydrogen) atoms. The van der Waals surface area contributed by atoms with Crippen LogP contribution in [-0.4, -0.2) is 17.1 Å². The van der Waals surface area contributed by atoms with Gasteiger partial charge in [0.25, 0.3) is 0 Å². The largest absolute Gasteiger partial charge is 0.467 e. The second-order valence-electron chi connectivity index (χ2n) is 7.25. The molecule has 0 saturated heterocycles. The van der Waals surface area contributed by atoms with Crippen LogP contribution in [0.5, 0.6) is 0 Å². The molecule has 0 unspecified atom stereocenters. The highest BCUT2D eigenvalue weighted by Gasteiger charge is 2.39. The van der Waals surface area contributed by atoms with Crippen LogP contribution in [0.3, 0.4) is 0 Å². The maximum absolute atomic E-state index is 13.5. The van der Waals surface area contributed by atoms with Gasteiger partial charge in [-0.1, -0.05) is 36.7 Å². The van der Waals surface area contributed by atoms with E-state index in [0.29, 0.717) is 11.3 Å². The molecule has 2 amide bonds. The first-order valence-electron chi connectivity index (χ1n) is 9.75. The highest BCUT2D eigenvalue weighted by molar-refractivity contribution is 8.01. The Kier molecular flexibility index (Phi) is 6.34. The minimum absolute atomic E-state index is 0.187. The number of hydrogen-bond donors (Lipinski definition) is 1. The number of fused-ring (bicyclic) bond motifs is 1. The minimum atomic E-state index is -0.606. The average Bonchev–Trinajstić information content (AvgIpc) is 3.28. The third-order valence-corrected chi connectivity index (χ3v) is 6.96. The molecule has 0 saturated carbocycles. The molecule has 0 fully saturated rings. The number of anilines is 1. The number of carbonyl (C=O) groups excluding carboxylic acids is 2. The zero-order valence-corrected chi connectivity index (χ0v) is 18.3. The fourth-order valence-electron chi connectivity index (χ4n) is 3.42. The van der Waals surface area contributed by atoms with Crippen molar-refractivity contribution in [3.05, 3.63) is 83.0 Å². The van der Waals surface area contributed by atoms with Crippen molar-refractivity contribution in [2.75, 3.05) is 4.90 Å². The van der Waals surface area contributed by atoms with Crippen molar-refractivity contribution in [3.8, 4) is 0 Å². The molecule has 1 aliphatic rings. The normalized spacial score (nSPS) is 16.7. The van der Waals surface area contributed by atoms with E-state index in [1.165, 1.54) is 23.9 Å². The van der Waals surface area contributed by atoms with E-state index < -0.39 is 17.0 Å². The van der Waals surface area contributed by atoms with Crippen LogP contribution in [-0.2, 0) is 22.7 Å². The summed E-state index contributed by atoms with van der Waals surface area (Å²) in [6.07, 6.45) is 1.54. The molecule has 5 nitrogen and oxygen atoms in total. The molecule has 8 heteroatoms. The van der Waals surface area contributed by atoms with Crippen LogP contribution in [0.4, 0.5) is 10.1 Å². The number of para-hydroxylation sites is 1. The first-order chi connectivity index (χ1) is 14.9. The molecule has 2 heterocycles. The number of rotatable bonds is 6. The summed E-state index contributed by atoms with van der Waals surface area (Å²) in [5.74, 6) is -0.798. The number of thioether (sulfide) groups is 1. The highest BCUT2D eigenvalue weighted by Crippen LogP contribution is 2.42. The Morgan fingerprint density at radius 1 is 1.26 bits per heavy atom. The van der Waals surface area contributed by atoms with E-state index in [2.05, 4.69) is 5.32 Å². The van der Waals surface area contributed by atoms with Gasteiger partial charge >= 0.3 is 0 Å². The number of nitrogens with zero attached hydrogens (tertiary/aromatic N) is 1. The van der Waals surface area contributed by atoms with E-state index in [9.17, 15) is 14.0 Å². The summed E-state index contributed by atoms with van der Waals surface area (Å²) < 4.78 is 18.7. The van der Waals surface area contributed by atoms with Gasteiger partial charge in [-0.2, -0.15) is 0 Å². The van der Waals surface area contributed by atoms with Crippen LogP contribution < -0.4 is 10.2 Å². The third-order valence-electron chi connectivity index (χ3n) is 5.15. The number of carbonyl (C=O) groups is 2. The lowest BCUT2D eigenvalue weighted by Crippen LogP contribution is -2.47. The molecule has 3 aromatic rings. The Balaban J connectivity index is 1.57. The van der Waals surface area contributed by atoms with Gasteiger partial charge in [-0.05, 0) is 42.0 Å². The van der Waals surface area contributed by atoms with Crippen molar-refractivity contribution in [3.63, 3.8) is 0 Å². The van der Waals surface area contributed by atoms with Crippen molar-refractivity contribution in [2.24, 2.45) is 5.92 Å². The molecule has 0 radical (unpaired) electrons. The van der Waals surface area contributed by atoms with Crippen molar-refractivity contribution in [2.45, 2.75) is 30.2 Å². The van der Waals surface area contributed by atoms with Gasteiger partial charge in [0.05, 0.1) is 31.0 Å². The summed E-state index contributed by atoms with van der Waals surface area (Å²) in [6.45, 7) is 2.18. The summed E-state index contributed by atoms with van der Waals surface area (Å²) >= 11 is 7.58. The molecule has 160 valence electrons. The summed E-state index contributed by atoms with van der Waals surface area (Å²) in [6, 6.07) is 15.2. The number of benzene rings is 2. The van der Waals surface area contributed by atoms with Gasteiger partial charge in [-0.15, -0.1) is 11.8 Å². The number of halogens is 2. The van der Waals surface area contributed by atoms with Gasteiger partial charge in [0.2, 0.25) is 11.8 Å². The van der Waals surface area contributed by atoms with Crippen molar-refractivity contribution in [1.82, 2.24) is 5.32 Å². The zero-order chi connectivity index (χ0) is 22.0. The summed E-state index contributed by atoms with van der Waals surface area (Å²) in [4.78, 5) is 28.7. The minimum Gasteiger partial charge on any atom is -0.467 e. The number of amides is 2. The van der Waals surface area contributed by atoms with Gasteiger partial charge in [0.15, 0.2) is 0 Å². The molecule has 2 atom stereocenters. The number of hydrogen-bond acceptors (Lipinski definition) is 4. The van der Waals surface area contributed by atoms with Crippen LogP contribution in [0.25, 0.3) is 0 Å². The highest BCUT2D eigenvalue weighted by atomic mass is 35.5. The van der Waals surface area contributed by atoms with E-state index in [0.717, 1.165) is 10.6 Å². The summed E-state index contributed by atoms with van der Waals surface area (Å²) in [5.41, 5.74) is 1.38. The van der Waals surface area contributed by atoms with Crippen LogP contribution in [0.1, 0.15) is 18.2 Å². The van der Waals surface area contributed by atoms with Crippen LogP contribution in [0.2, 0.25) is 5.02 Å². The predicted octanol–water partition coefficient (Wildman–Crippen LogP) is 5.03. The molecule has 0 spiro atoms. The maximum Gasteiger partial charge on any atom is 0.241 e. The Morgan fingerprint density at radius 3 is 2.81 bits per heavy atom. The topological polar surface area (TPSA) is 62.6 Å². The Morgan fingerprint density at radius 2 is 2.06 bits per heavy atom. The first kappa shape index (κ1) is 21.5. The lowest BCUT2D eigenvalue weighted by Gasteiger charge is -2.36. The Bertz CT molecular complexity index is 1110. The van der Waals surface area contributed by atoms with Crippen molar-refractivity contribution >= 4 is 40.9 Å². The number of nitrogens with one attached hydrogen (secondary N) is 1. The molecular weight excluding hydrogens is 439 g/mol. The van der Waals surface area contributed by atoms with Crippen LogP contribution in [0.15, 0.2) is 70.2 Å². The first-order valence-corrected chi connectivity index (χ1v) is 11.0. The smallest absolute Gasteiger partial charge is 0.241 e. The van der Waals surface area contributed by atoms with E-state index in [4.69, 9.17) is 16.0 Å². The molecular formula is C23H20ClFN2O3S. The molecule has 1 N–H and O–H groups in total. The standard InChI is InChI=1S/C23H20ClFN2O3S/c1-14(22(28)26-12-17-5-4-10-30-17)21-23(29)27(19-6-2-3-7-20(19)31-21)13-15-8-9-16(25)11-18(15)24/h2-11,14,21H,12-13H2,1H3,(H,26,28)/t14-,21-/m1/s1. The predicted molar refractivity (Wildman–Crippen MR) is 118 cm³/mol. The fraction of sp³-hybridized carbons (Fsp3) is 0.217. The zero-order valence-electron chi connectivity index (χ0n) is 16.7. The van der Waals surface area contributed by atoms with Crippen molar-refractivity contribution < 1.29 is 18.4 Å². The molecule has 1 aromatic heterocycles. The van der Waals surface area contributed by atoms with Gasteiger partial charge in [0.1, 0.15) is 16.8 Å². The quantitative estimate of drug-likeness (QED) is 0.562. The molecule has 2 aromatic carbocycles.